The summed E-state index contributed by atoms with van der Waals surface area (Å²) in [4.78, 5) is 27.1. The van der Waals surface area contributed by atoms with Gasteiger partial charge in [-0.15, -0.1) is 0 Å². The van der Waals surface area contributed by atoms with Crippen molar-refractivity contribution < 1.29 is 19.6 Å². The van der Waals surface area contributed by atoms with Crippen LogP contribution in [-0.2, 0) is 11.2 Å². The van der Waals surface area contributed by atoms with Gasteiger partial charge in [0.1, 0.15) is 5.92 Å². The van der Waals surface area contributed by atoms with Crippen molar-refractivity contribution in [3.63, 3.8) is 0 Å². The van der Waals surface area contributed by atoms with Gasteiger partial charge in [-0.2, -0.15) is 5.26 Å². The molecule has 1 fully saturated rings. The number of amides is 3. The Morgan fingerprint density at radius 1 is 1.27 bits per heavy atom. The molecule has 1 unspecified atom stereocenters. The molecule has 3 atom stereocenters. The number of nitriles is 1. The molecular formula is C24H37BN4O4. The number of hydrogen-bond acceptors (Lipinski definition) is 5. The third kappa shape index (κ3) is 8.71. The van der Waals surface area contributed by atoms with Crippen molar-refractivity contribution in [3.8, 4) is 6.07 Å². The van der Waals surface area contributed by atoms with Gasteiger partial charge in [-0.1, -0.05) is 50.6 Å². The predicted octanol–water partition coefficient (Wildman–Crippen LogP) is 2.17. The van der Waals surface area contributed by atoms with E-state index >= 15 is 0 Å². The Balaban J connectivity index is 1.89. The zero-order chi connectivity index (χ0) is 24.6. The van der Waals surface area contributed by atoms with Crippen LogP contribution >= 0.6 is 0 Å². The second-order valence-electron chi connectivity index (χ2n) is 10.2. The molecule has 33 heavy (non-hydrogen) atoms. The smallest absolute Gasteiger partial charge is 0.426 e. The van der Waals surface area contributed by atoms with Crippen LogP contribution in [0.3, 0.4) is 0 Å². The summed E-state index contributed by atoms with van der Waals surface area (Å²) >= 11 is 0. The molecule has 1 aliphatic heterocycles. The number of carbonyl (C=O) groups is 2. The number of carbonyl (C=O) groups excluding carboxylic acids is 2. The first kappa shape index (κ1) is 26.7. The number of hydrogen-bond donors (Lipinski definition) is 4. The van der Waals surface area contributed by atoms with E-state index < -0.39 is 25.0 Å². The van der Waals surface area contributed by atoms with Crippen molar-refractivity contribution in [2.45, 2.75) is 71.8 Å². The maximum Gasteiger partial charge on any atom is 0.475 e. The van der Waals surface area contributed by atoms with Gasteiger partial charge in [0, 0.05) is 19.1 Å². The molecule has 8 nitrogen and oxygen atoms in total. The van der Waals surface area contributed by atoms with E-state index in [0.29, 0.717) is 13.0 Å². The quantitative estimate of drug-likeness (QED) is 0.424. The van der Waals surface area contributed by atoms with Crippen LogP contribution in [0.1, 0.15) is 57.6 Å². The Labute approximate surface area is 197 Å². The van der Waals surface area contributed by atoms with E-state index in [1.54, 1.807) is 4.90 Å². The molecule has 1 saturated heterocycles. The van der Waals surface area contributed by atoms with Crippen LogP contribution < -0.4 is 10.6 Å². The summed E-state index contributed by atoms with van der Waals surface area (Å²) in [7, 11) is -1.71. The summed E-state index contributed by atoms with van der Waals surface area (Å²) < 4.78 is 0. The number of nitrogens with one attached hydrogen (secondary N) is 2. The predicted molar refractivity (Wildman–Crippen MR) is 128 cm³/mol. The summed E-state index contributed by atoms with van der Waals surface area (Å²) in [6, 6.07) is 9.08. The average molecular weight is 456 g/mol. The highest BCUT2D eigenvalue weighted by Crippen LogP contribution is 2.26. The fourth-order valence-electron chi connectivity index (χ4n) is 4.00. The van der Waals surface area contributed by atoms with E-state index in [1.807, 2.05) is 31.2 Å². The Bertz CT molecular complexity index is 832. The monoisotopic (exact) mass is 456 g/mol. The number of urea groups is 1. The molecule has 1 aromatic carbocycles. The molecule has 0 aromatic heterocycles. The summed E-state index contributed by atoms with van der Waals surface area (Å²) in [5.74, 6) is -1.72. The maximum absolute atomic E-state index is 13.0. The molecule has 9 heteroatoms. The lowest BCUT2D eigenvalue weighted by atomic mass is 9.76. The maximum atomic E-state index is 13.0. The molecule has 1 heterocycles. The Morgan fingerprint density at radius 2 is 1.94 bits per heavy atom. The highest BCUT2D eigenvalue weighted by Gasteiger charge is 2.34. The minimum atomic E-state index is -1.71. The minimum absolute atomic E-state index is 0.0474. The fourth-order valence-corrected chi connectivity index (χ4v) is 4.00. The number of aryl methyl sites for hydroxylation is 1. The van der Waals surface area contributed by atoms with Crippen LogP contribution in [0.2, 0.25) is 0 Å². The highest BCUT2D eigenvalue weighted by molar-refractivity contribution is 6.43. The van der Waals surface area contributed by atoms with Gasteiger partial charge < -0.3 is 25.6 Å². The summed E-state index contributed by atoms with van der Waals surface area (Å²) in [6.45, 7) is 9.04. The van der Waals surface area contributed by atoms with Crippen molar-refractivity contribution in [3.05, 3.63) is 35.4 Å². The Kier molecular flexibility index (Phi) is 9.75. The number of benzene rings is 1. The first-order valence-corrected chi connectivity index (χ1v) is 11.7. The van der Waals surface area contributed by atoms with E-state index in [-0.39, 0.29) is 30.3 Å². The van der Waals surface area contributed by atoms with Crippen molar-refractivity contribution in [2.75, 3.05) is 13.1 Å². The third-order valence-electron chi connectivity index (χ3n) is 6.05. The van der Waals surface area contributed by atoms with Gasteiger partial charge in [0.15, 0.2) is 0 Å². The summed E-state index contributed by atoms with van der Waals surface area (Å²) in [5.41, 5.74) is 2.02. The van der Waals surface area contributed by atoms with Crippen molar-refractivity contribution >= 4 is 19.1 Å². The highest BCUT2D eigenvalue weighted by atomic mass is 16.4. The van der Waals surface area contributed by atoms with E-state index in [4.69, 9.17) is 0 Å². The van der Waals surface area contributed by atoms with Gasteiger partial charge in [-0.25, -0.2) is 4.79 Å². The lowest BCUT2D eigenvalue weighted by molar-refractivity contribution is -0.134. The van der Waals surface area contributed by atoms with Gasteiger partial charge in [-0.3, -0.25) is 4.79 Å². The first-order chi connectivity index (χ1) is 15.5. The Hall–Kier alpha value is -2.57. The van der Waals surface area contributed by atoms with E-state index in [1.165, 1.54) is 0 Å². The van der Waals surface area contributed by atoms with Crippen molar-refractivity contribution in [1.82, 2.24) is 15.5 Å². The van der Waals surface area contributed by atoms with Gasteiger partial charge >= 0.3 is 13.1 Å². The zero-order valence-corrected chi connectivity index (χ0v) is 20.2. The van der Waals surface area contributed by atoms with Crippen LogP contribution in [0, 0.1) is 29.6 Å². The zero-order valence-electron chi connectivity index (χ0n) is 20.2. The normalized spacial score (nSPS) is 17.7. The van der Waals surface area contributed by atoms with Gasteiger partial charge in [0.05, 0.1) is 12.0 Å². The molecule has 0 bridgehead atoms. The largest absolute Gasteiger partial charge is 0.475 e. The van der Waals surface area contributed by atoms with E-state index in [0.717, 1.165) is 30.4 Å². The molecular weight excluding hydrogens is 419 g/mol. The molecule has 0 saturated carbocycles. The number of likely N-dealkylation sites (tertiary alicyclic amines) is 1. The van der Waals surface area contributed by atoms with Gasteiger partial charge in [-0.05, 0) is 50.0 Å². The van der Waals surface area contributed by atoms with Gasteiger partial charge in [0.25, 0.3) is 0 Å². The fraction of sp³-hybridized carbons (Fsp3) is 0.625. The SMILES string of the molecule is Cc1ccc(C[C@H](NC(=O)NC[C@H]2CCCN2C(=O)C(C#N)CCC(C)(C)C)B(O)O)cc1. The molecule has 2 rings (SSSR count). The third-order valence-corrected chi connectivity index (χ3v) is 6.05. The molecule has 4 N–H and O–H groups in total. The summed E-state index contributed by atoms with van der Waals surface area (Å²) in [5, 5.41) is 34.3. The van der Waals surface area contributed by atoms with Crippen molar-refractivity contribution in [2.24, 2.45) is 11.3 Å². The topological polar surface area (TPSA) is 126 Å². The van der Waals surface area contributed by atoms with Crippen molar-refractivity contribution in [1.29, 1.82) is 5.26 Å². The molecule has 0 spiro atoms. The lowest BCUT2D eigenvalue weighted by Gasteiger charge is -2.28. The second kappa shape index (κ2) is 12.1. The summed E-state index contributed by atoms with van der Waals surface area (Å²) in [6.07, 6.45) is 3.14. The van der Waals surface area contributed by atoms with Crippen LogP contribution in [-0.4, -0.2) is 59.1 Å². The van der Waals surface area contributed by atoms with Crippen LogP contribution in [0.15, 0.2) is 24.3 Å². The number of rotatable bonds is 9. The number of nitrogens with zero attached hydrogens (tertiary/aromatic N) is 2. The molecule has 0 radical (unpaired) electrons. The van der Waals surface area contributed by atoms with E-state index in [9.17, 15) is 24.9 Å². The molecule has 1 aromatic rings. The van der Waals surface area contributed by atoms with Gasteiger partial charge in [0.2, 0.25) is 5.91 Å². The second-order valence-corrected chi connectivity index (χ2v) is 10.2. The van der Waals surface area contributed by atoms with Crippen LogP contribution in [0.25, 0.3) is 0 Å². The molecule has 3 amide bonds. The standard InChI is InChI=1S/C24H37BN4O4/c1-17-7-9-18(10-8-17)14-21(25(32)33)28-23(31)27-16-20-6-5-13-29(20)22(30)19(15-26)11-12-24(2,3)4/h7-10,19-21,32-33H,5-6,11-14,16H2,1-4H3,(H2,27,28,31)/t19?,20-,21+/m1/s1. The first-order valence-electron chi connectivity index (χ1n) is 11.7. The molecule has 0 aliphatic carbocycles. The Morgan fingerprint density at radius 3 is 2.52 bits per heavy atom. The van der Waals surface area contributed by atoms with Crippen LogP contribution in [0.5, 0.6) is 0 Å². The van der Waals surface area contributed by atoms with E-state index in [2.05, 4.69) is 37.5 Å². The lowest BCUT2D eigenvalue weighted by Crippen LogP contribution is -2.53. The molecule has 180 valence electrons. The minimum Gasteiger partial charge on any atom is -0.426 e. The van der Waals surface area contributed by atoms with Crippen LogP contribution in [0.4, 0.5) is 4.79 Å². The molecule has 1 aliphatic rings. The average Bonchev–Trinajstić information content (AvgIpc) is 3.21.